The average Bonchev–Trinajstić information content (AvgIpc) is 3.22. The molecule has 2 aliphatic rings. The Morgan fingerprint density at radius 3 is 2.09 bits per heavy atom. The highest BCUT2D eigenvalue weighted by molar-refractivity contribution is 7.93. The Labute approximate surface area is 457 Å². The van der Waals surface area contributed by atoms with E-state index in [0.29, 0.717) is 23.3 Å². The van der Waals surface area contributed by atoms with Crippen LogP contribution < -0.4 is 9.62 Å². The van der Waals surface area contributed by atoms with Gasteiger partial charge in [0.1, 0.15) is 46.9 Å². The standard InChI is InChI=1S/C49H43ClF10N8O11S2/c1-6-65(33(45(74)75)20-37(72)73)35(70)11-12-36(71)68(81(5,78)79)44-39-31(50)10-9-28(41(39)67(64-44)22-47(53,54)55)27-8-7-26(13-14-46(2,3)80(4,76)77)61-40(27)32(17-23-15-24(51)18-25(52)16-23)62-34(69)21-66-43-38(42(63-66)49(58,59)60)29-19-30(29)48(43,56)57/h7-12,15-16,18,29-30,32-33H,6,17,19-22H2,1-5H3,(H,62,69)(H,72,73)(H,74,75)/b12-11+/t29-,30+,32-,33-/m0/s1. The summed E-state index contributed by atoms with van der Waals surface area (Å²) in [5.41, 5.74) is -6.63. The van der Waals surface area contributed by atoms with E-state index in [9.17, 15) is 86.1 Å². The van der Waals surface area contributed by atoms with Gasteiger partial charge < -0.3 is 20.4 Å². The van der Waals surface area contributed by atoms with Crippen molar-refractivity contribution in [2.75, 3.05) is 23.4 Å². The van der Waals surface area contributed by atoms with Gasteiger partial charge in [-0.25, -0.2) is 35.4 Å². The Morgan fingerprint density at radius 1 is 0.914 bits per heavy atom. The molecule has 19 nitrogen and oxygen atoms in total. The van der Waals surface area contributed by atoms with Crippen molar-refractivity contribution in [1.29, 1.82) is 0 Å². The maximum absolute atomic E-state index is 15.7. The fraction of sp³-hybridized carbons (Fsp3) is 0.388. The van der Waals surface area contributed by atoms with Gasteiger partial charge in [-0.1, -0.05) is 23.6 Å². The van der Waals surface area contributed by atoms with Gasteiger partial charge in [0.05, 0.1) is 40.3 Å². The number of pyridine rings is 1. The van der Waals surface area contributed by atoms with Crippen LogP contribution in [-0.2, 0) is 75.4 Å². The number of aromatic nitrogens is 5. The molecule has 0 saturated heterocycles. The van der Waals surface area contributed by atoms with Crippen LogP contribution in [0.15, 0.2) is 54.6 Å². The molecule has 5 aromatic rings. The third-order valence-corrected chi connectivity index (χ3v) is 16.3. The first kappa shape index (κ1) is 61.0. The second kappa shape index (κ2) is 21.7. The topological polar surface area (TPSA) is 261 Å². The molecule has 3 aromatic heterocycles. The normalized spacial score (nSPS) is 16.7. The molecule has 81 heavy (non-hydrogen) atoms. The number of amides is 3. The summed E-state index contributed by atoms with van der Waals surface area (Å²) in [4.78, 5) is 69.8. The summed E-state index contributed by atoms with van der Waals surface area (Å²) in [6, 6.07) is 2.19. The number of aliphatic carboxylic acids is 2. The van der Waals surface area contributed by atoms with E-state index < -0.39 is 196 Å². The van der Waals surface area contributed by atoms with Crippen LogP contribution in [0.2, 0.25) is 5.02 Å². The molecular weight excluding hydrogens is 1170 g/mol. The highest BCUT2D eigenvalue weighted by Gasteiger charge is 2.68. The lowest BCUT2D eigenvalue weighted by molar-refractivity contribution is -0.153. The maximum Gasteiger partial charge on any atom is 0.435 e. The Bertz CT molecular complexity index is 3760. The number of likely N-dealkylation sites (N-methyl/N-ethyl adjacent to an activating group) is 1. The van der Waals surface area contributed by atoms with Crippen molar-refractivity contribution in [3.05, 3.63) is 105 Å². The van der Waals surface area contributed by atoms with Gasteiger partial charge >= 0.3 is 24.3 Å². The number of rotatable bonds is 18. The lowest BCUT2D eigenvalue weighted by Crippen LogP contribution is -2.45. The Balaban J connectivity index is 1.46. The molecule has 3 amide bonds. The predicted octanol–water partition coefficient (Wildman–Crippen LogP) is 6.92. The van der Waals surface area contributed by atoms with Crippen LogP contribution in [-0.4, -0.2) is 122 Å². The number of hydrogen-bond acceptors (Lipinski definition) is 12. The molecule has 4 atom stereocenters. The molecule has 1 fully saturated rings. The zero-order chi connectivity index (χ0) is 60.4. The Kier molecular flexibility index (Phi) is 16.4. The summed E-state index contributed by atoms with van der Waals surface area (Å²) in [6.07, 6.45) is -10.9. The second-order valence-electron chi connectivity index (χ2n) is 19.3. The van der Waals surface area contributed by atoms with Crippen molar-refractivity contribution in [1.82, 2.24) is 34.8 Å². The fourth-order valence-corrected chi connectivity index (χ4v) is 10.5. The molecule has 2 aromatic carbocycles. The van der Waals surface area contributed by atoms with E-state index in [2.05, 4.69) is 32.3 Å². The largest absolute Gasteiger partial charge is 0.481 e. The minimum absolute atomic E-state index is 0.136. The first-order valence-electron chi connectivity index (χ1n) is 23.5. The zero-order valence-corrected chi connectivity index (χ0v) is 44.8. The number of carboxylic acids is 2. The number of benzene rings is 2. The van der Waals surface area contributed by atoms with Gasteiger partial charge in [0.2, 0.25) is 21.8 Å². The summed E-state index contributed by atoms with van der Waals surface area (Å²) in [6.45, 7) is -0.315. The lowest BCUT2D eigenvalue weighted by atomic mass is 9.93. The number of halogens is 11. The van der Waals surface area contributed by atoms with Crippen molar-refractivity contribution in [2.24, 2.45) is 5.92 Å². The van der Waals surface area contributed by atoms with Crippen LogP contribution in [0.5, 0.6) is 0 Å². The molecule has 3 heterocycles. The zero-order valence-electron chi connectivity index (χ0n) is 42.4. The predicted molar refractivity (Wildman–Crippen MR) is 265 cm³/mol. The molecule has 1 saturated carbocycles. The number of alkyl halides is 8. The highest BCUT2D eigenvalue weighted by Crippen LogP contribution is 2.68. The van der Waals surface area contributed by atoms with E-state index in [-0.39, 0.29) is 37.4 Å². The van der Waals surface area contributed by atoms with Crippen LogP contribution in [0, 0.1) is 29.4 Å². The summed E-state index contributed by atoms with van der Waals surface area (Å²) < 4.78 is 199. The van der Waals surface area contributed by atoms with Gasteiger partial charge in [0.15, 0.2) is 21.3 Å². The molecule has 0 bridgehead atoms. The summed E-state index contributed by atoms with van der Waals surface area (Å²) in [7, 11) is -9.05. The van der Waals surface area contributed by atoms with Crippen LogP contribution in [0.25, 0.3) is 22.0 Å². The van der Waals surface area contributed by atoms with E-state index in [1.165, 1.54) is 20.8 Å². The van der Waals surface area contributed by atoms with Crippen molar-refractivity contribution in [3.63, 3.8) is 0 Å². The molecule has 0 unspecified atom stereocenters. The van der Waals surface area contributed by atoms with Gasteiger partial charge in [-0.15, -0.1) is 0 Å². The van der Waals surface area contributed by atoms with E-state index in [1.54, 1.807) is 0 Å². The Hall–Kier alpha value is -7.59. The minimum atomic E-state index is -5.27. The van der Waals surface area contributed by atoms with Gasteiger partial charge in [-0.2, -0.15) is 49.6 Å². The number of fused-ring (bicyclic) bond motifs is 4. The SMILES string of the molecule is CCN(C(=O)/C=C/C(=O)N(c1nn(CC(F)(F)F)c2c(-c3ccc(C#CC(C)(C)S(C)(=O)=O)nc3[C@H](Cc3cc(F)cc(F)c3)NC(=O)Cn3nc(C(F)(F)F)c4c3C(F)(F)[C@@H]3C[C@H]43)ccc(Cl)c12)S(C)(=O)=O)[C@@H](CC(=O)O)C(=O)O. The molecule has 434 valence electrons. The molecule has 0 radical (unpaired) electrons. The summed E-state index contributed by atoms with van der Waals surface area (Å²) >= 11 is 6.64. The van der Waals surface area contributed by atoms with Crippen molar-refractivity contribution < 1.29 is 94.9 Å². The lowest BCUT2D eigenvalue weighted by Gasteiger charge is -2.25. The number of carbonyl (C=O) groups is 5. The molecule has 2 aliphatic carbocycles. The van der Waals surface area contributed by atoms with Gasteiger partial charge in [-0.3, -0.25) is 28.5 Å². The van der Waals surface area contributed by atoms with Crippen molar-refractivity contribution in [2.45, 2.75) is 94.1 Å². The number of hydrogen-bond donors (Lipinski definition) is 3. The van der Waals surface area contributed by atoms with E-state index >= 15 is 8.78 Å². The quantitative estimate of drug-likeness (QED) is 0.0457. The molecule has 7 rings (SSSR count). The van der Waals surface area contributed by atoms with E-state index in [1.807, 2.05) is 0 Å². The first-order chi connectivity index (χ1) is 37.2. The number of carbonyl (C=O) groups excluding carboxylic acids is 3. The van der Waals surface area contributed by atoms with Gasteiger partial charge in [-0.05, 0) is 81.3 Å². The van der Waals surface area contributed by atoms with Crippen LogP contribution in [0.4, 0.5) is 49.7 Å². The molecule has 32 heteroatoms. The molecular formula is C49H43ClF10N8O11S2. The number of nitrogens with zero attached hydrogens (tertiary/aromatic N) is 7. The van der Waals surface area contributed by atoms with Crippen LogP contribution in [0.3, 0.4) is 0 Å². The number of sulfonamides is 1. The average molecular weight is 1210 g/mol. The van der Waals surface area contributed by atoms with Crippen LogP contribution in [0.1, 0.15) is 79.5 Å². The molecule has 0 spiro atoms. The summed E-state index contributed by atoms with van der Waals surface area (Å²) in [5.74, 6) is -13.1. The highest BCUT2D eigenvalue weighted by atomic mass is 35.5. The minimum Gasteiger partial charge on any atom is -0.481 e. The second-order valence-corrected chi connectivity index (χ2v) is 24.1. The number of carboxylic acid groups (broad SMARTS) is 2. The third kappa shape index (κ3) is 12.8. The van der Waals surface area contributed by atoms with Crippen molar-refractivity contribution in [3.8, 4) is 23.0 Å². The number of anilines is 1. The Morgan fingerprint density at radius 2 is 1.53 bits per heavy atom. The number of nitrogens with one attached hydrogen (secondary N) is 1. The smallest absolute Gasteiger partial charge is 0.435 e. The maximum atomic E-state index is 15.7. The molecule has 3 N–H and O–H groups in total. The van der Waals surface area contributed by atoms with Gasteiger partial charge in [0, 0.05) is 53.6 Å². The molecule has 0 aliphatic heterocycles. The van der Waals surface area contributed by atoms with Crippen molar-refractivity contribution >= 4 is 77.8 Å². The third-order valence-electron chi connectivity index (χ3n) is 13.1. The van der Waals surface area contributed by atoms with Gasteiger partial charge in [0.25, 0.3) is 11.8 Å². The fourth-order valence-electron chi connectivity index (χ4n) is 9.16. The summed E-state index contributed by atoms with van der Waals surface area (Å²) in [5, 5.41) is 27.1. The van der Waals surface area contributed by atoms with E-state index in [4.69, 9.17) is 11.6 Å². The van der Waals surface area contributed by atoms with E-state index in [0.717, 1.165) is 42.7 Å². The van der Waals surface area contributed by atoms with Crippen LogP contribution >= 0.6 is 11.6 Å². The monoisotopic (exact) mass is 1210 g/mol. The number of sulfone groups is 1. The first-order valence-corrected chi connectivity index (χ1v) is 27.6.